The van der Waals surface area contributed by atoms with Crippen molar-refractivity contribution in [3.05, 3.63) is 52.5 Å². The van der Waals surface area contributed by atoms with Gasteiger partial charge in [-0.1, -0.05) is 11.6 Å². The number of nitrogens with one attached hydrogen (secondary N) is 1. The molecule has 21 heavy (non-hydrogen) atoms. The average molecular weight is 322 g/mol. The van der Waals surface area contributed by atoms with Gasteiger partial charge in [0.05, 0.1) is 27.2 Å². The first-order valence-electron chi connectivity index (χ1n) is 5.91. The maximum absolute atomic E-state index is 12.3. The molecule has 0 aromatic heterocycles. The molecule has 0 saturated carbocycles. The van der Waals surface area contributed by atoms with Gasteiger partial charge in [-0.05, 0) is 48.9 Å². The third kappa shape index (κ3) is 3.45. The van der Waals surface area contributed by atoms with Gasteiger partial charge in [0.1, 0.15) is 0 Å². The van der Waals surface area contributed by atoms with Gasteiger partial charge in [0.25, 0.3) is 10.0 Å². The number of rotatable bonds is 3. The van der Waals surface area contributed by atoms with Crippen molar-refractivity contribution in [1.82, 2.24) is 0 Å². The molecule has 0 radical (unpaired) electrons. The quantitative estimate of drug-likeness (QED) is 0.849. The van der Waals surface area contributed by atoms with Crippen LogP contribution in [0.1, 0.15) is 11.1 Å². The fraction of sp³-hybridized carbons (Fsp3) is 0.0714. The van der Waals surface area contributed by atoms with Crippen LogP contribution < -0.4 is 10.5 Å². The van der Waals surface area contributed by atoms with Crippen LogP contribution >= 0.6 is 11.6 Å². The standard InChI is InChI=1S/C14H12ClN3O2S/c1-9-4-11(17)7-12(5-9)21(19,20)18-14-6-10(8-16)2-3-13(14)15/h2-7,18H,17H2,1H3. The highest BCUT2D eigenvalue weighted by Crippen LogP contribution is 2.26. The number of anilines is 2. The summed E-state index contributed by atoms with van der Waals surface area (Å²) in [5, 5.41) is 9.06. The lowest BCUT2D eigenvalue weighted by Gasteiger charge is -2.11. The first-order chi connectivity index (χ1) is 9.81. The van der Waals surface area contributed by atoms with Crippen molar-refractivity contribution < 1.29 is 8.42 Å². The van der Waals surface area contributed by atoms with E-state index in [1.165, 1.54) is 30.3 Å². The molecule has 0 fully saturated rings. The zero-order valence-electron chi connectivity index (χ0n) is 11.1. The molecule has 0 unspecified atom stereocenters. The minimum atomic E-state index is -3.83. The van der Waals surface area contributed by atoms with E-state index in [1.54, 1.807) is 13.0 Å². The molecule has 0 bridgehead atoms. The van der Waals surface area contributed by atoms with Crippen LogP contribution in [-0.4, -0.2) is 8.42 Å². The van der Waals surface area contributed by atoms with E-state index in [2.05, 4.69) is 4.72 Å². The second kappa shape index (κ2) is 5.64. The Hall–Kier alpha value is -2.23. The second-order valence-corrected chi connectivity index (χ2v) is 6.58. The van der Waals surface area contributed by atoms with Crippen molar-refractivity contribution in [2.24, 2.45) is 0 Å². The highest BCUT2D eigenvalue weighted by Gasteiger charge is 2.17. The Balaban J connectivity index is 2.44. The molecule has 108 valence electrons. The van der Waals surface area contributed by atoms with Crippen LogP contribution in [0.2, 0.25) is 5.02 Å². The number of hydrogen-bond donors (Lipinski definition) is 2. The number of nitriles is 1. The highest BCUT2D eigenvalue weighted by molar-refractivity contribution is 7.92. The molecule has 0 aliphatic heterocycles. The number of nitrogens with two attached hydrogens (primary N) is 1. The summed E-state index contributed by atoms with van der Waals surface area (Å²) < 4.78 is 27.1. The van der Waals surface area contributed by atoms with Gasteiger partial charge in [0.2, 0.25) is 0 Å². The van der Waals surface area contributed by atoms with Crippen molar-refractivity contribution >= 4 is 33.0 Å². The van der Waals surface area contributed by atoms with Crippen LogP contribution in [0.4, 0.5) is 11.4 Å². The lowest BCUT2D eigenvalue weighted by molar-refractivity contribution is 0.601. The number of nitrogen functional groups attached to an aromatic ring is 1. The van der Waals surface area contributed by atoms with Gasteiger partial charge < -0.3 is 5.73 Å². The monoisotopic (exact) mass is 321 g/mol. The smallest absolute Gasteiger partial charge is 0.262 e. The molecular formula is C14H12ClN3O2S. The third-order valence-corrected chi connectivity index (χ3v) is 4.40. The molecule has 2 aromatic carbocycles. The van der Waals surface area contributed by atoms with Gasteiger partial charge in [0, 0.05) is 5.69 Å². The first-order valence-corrected chi connectivity index (χ1v) is 7.77. The Morgan fingerprint density at radius 1 is 1.24 bits per heavy atom. The zero-order chi connectivity index (χ0) is 15.6. The van der Waals surface area contributed by atoms with Gasteiger partial charge in [0.15, 0.2) is 0 Å². The van der Waals surface area contributed by atoms with E-state index in [4.69, 9.17) is 22.6 Å². The molecule has 0 aliphatic carbocycles. The van der Waals surface area contributed by atoms with Crippen LogP contribution in [0.15, 0.2) is 41.3 Å². The van der Waals surface area contributed by atoms with Crippen LogP contribution in [0.3, 0.4) is 0 Å². The number of sulfonamides is 1. The Bertz CT molecular complexity index is 822. The molecule has 3 N–H and O–H groups in total. The fourth-order valence-corrected chi connectivity index (χ4v) is 3.24. The van der Waals surface area contributed by atoms with Crippen LogP contribution in [0, 0.1) is 18.3 Å². The van der Waals surface area contributed by atoms with E-state index in [0.29, 0.717) is 11.3 Å². The third-order valence-electron chi connectivity index (χ3n) is 2.72. The summed E-state index contributed by atoms with van der Waals surface area (Å²) in [6, 6.07) is 10.8. The van der Waals surface area contributed by atoms with Gasteiger partial charge in [-0.2, -0.15) is 5.26 Å². The molecule has 0 spiro atoms. The zero-order valence-corrected chi connectivity index (χ0v) is 12.7. The largest absolute Gasteiger partial charge is 0.399 e. The number of benzene rings is 2. The molecule has 0 saturated heterocycles. The normalized spacial score (nSPS) is 10.9. The number of nitrogens with zero attached hydrogens (tertiary/aromatic N) is 1. The lowest BCUT2D eigenvalue weighted by Crippen LogP contribution is -2.14. The van der Waals surface area contributed by atoms with Crippen molar-refractivity contribution in [1.29, 1.82) is 5.26 Å². The average Bonchev–Trinajstić information content (AvgIpc) is 2.40. The fourth-order valence-electron chi connectivity index (χ4n) is 1.81. The van der Waals surface area contributed by atoms with Crippen molar-refractivity contribution in [3.8, 4) is 6.07 Å². The molecular weight excluding hydrogens is 310 g/mol. The van der Waals surface area contributed by atoms with Crippen LogP contribution in [-0.2, 0) is 10.0 Å². The number of halogens is 1. The van der Waals surface area contributed by atoms with E-state index in [0.717, 1.165) is 5.56 Å². The minimum absolute atomic E-state index is 0.0402. The summed E-state index contributed by atoms with van der Waals surface area (Å²) in [5.41, 5.74) is 7.20. The summed E-state index contributed by atoms with van der Waals surface area (Å²) in [6.45, 7) is 1.75. The van der Waals surface area contributed by atoms with E-state index >= 15 is 0 Å². The molecule has 0 aliphatic rings. The predicted molar refractivity (Wildman–Crippen MR) is 82.6 cm³/mol. The second-order valence-electron chi connectivity index (χ2n) is 4.49. The van der Waals surface area contributed by atoms with Crippen LogP contribution in [0.5, 0.6) is 0 Å². The maximum Gasteiger partial charge on any atom is 0.262 e. The summed E-state index contributed by atoms with van der Waals surface area (Å²) in [6.07, 6.45) is 0. The molecule has 5 nitrogen and oxygen atoms in total. The molecule has 2 rings (SSSR count). The SMILES string of the molecule is Cc1cc(N)cc(S(=O)(=O)Nc2cc(C#N)ccc2Cl)c1. The Morgan fingerprint density at radius 3 is 2.57 bits per heavy atom. The van der Waals surface area contributed by atoms with E-state index in [1.807, 2.05) is 6.07 Å². The maximum atomic E-state index is 12.3. The van der Waals surface area contributed by atoms with Crippen molar-refractivity contribution in [2.45, 2.75) is 11.8 Å². The van der Waals surface area contributed by atoms with Gasteiger partial charge >= 0.3 is 0 Å². The number of aryl methyl sites for hydroxylation is 1. The van der Waals surface area contributed by atoms with Crippen LogP contribution in [0.25, 0.3) is 0 Å². The topological polar surface area (TPSA) is 96.0 Å². The summed E-state index contributed by atoms with van der Waals surface area (Å²) in [7, 11) is -3.83. The Kier molecular flexibility index (Phi) is 4.07. The minimum Gasteiger partial charge on any atom is -0.399 e. The summed E-state index contributed by atoms with van der Waals surface area (Å²) >= 11 is 5.95. The van der Waals surface area contributed by atoms with Crippen molar-refractivity contribution in [3.63, 3.8) is 0 Å². The molecule has 2 aromatic rings. The molecule has 7 heteroatoms. The predicted octanol–water partition coefficient (Wildman–Crippen LogP) is 2.90. The first kappa shape index (κ1) is 15.2. The van der Waals surface area contributed by atoms with Gasteiger partial charge in [-0.3, -0.25) is 4.72 Å². The lowest BCUT2D eigenvalue weighted by atomic mass is 10.2. The summed E-state index contributed by atoms with van der Waals surface area (Å²) in [5.74, 6) is 0. The number of hydrogen-bond acceptors (Lipinski definition) is 4. The van der Waals surface area contributed by atoms with Gasteiger partial charge in [-0.15, -0.1) is 0 Å². The molecule has 0 amide bonds. The Labute approximate surface area is 128 Å². The molecule has 0 atom stereocenters. The molecule has 0 heterocycles. The van der Waals surface area contributed by atoms with E-state index in [9.17, 15) is 8.42 Å². The Morgan fingerprint density at radius 2 is 1.95 bits per heavy atom. The van der Waals surface area contributed by atoms with Crippen molar-refractivity contribution in [2.75, 3.05) is 10.5 Å². The van der Waals surface area contributed by atoms with E-state index < -0.39 is 10.0 Å². The highest BCUT2D eigenvalue weighted by atomic mass is 35.5. The van der Waals surface area contributed by atoms with E-state index in [-0.39, 0.29) is 15.6 Å². The summed E-state index contributed by atoms with van der Waals surface area (Å²) in [4.78, 5) is 0.0402. The van der Waals surface area contributed by atoms with Gasteiger partial charge in [-0.25, -0.2) is 8.42 Å².